The Labute approximate surface area is 285 Å². The zero-order valence-corrected chi connectivity index (χ0v) is 28.5. The maximum absolute atomic E-state index is 13.7. The molecule has 1 fully saturated rings. The summed E-state index contributed by atoms with van der Waals surface area (Å²) in [6.45, 7) is 9.81. The molecule has 0 saturated carbocycles. The first-order valence-electron chi connectivity index (χ1n) is 16.3. The van der Waals surface area contributed by atoms with Crippen molar-refractivity contribution in [1.29, 1.82) is 0 Å². The average Bonchev–Trinajstić information content (AvgIpc) is 3.38. The number of aryl methyl sites for hydroxylation is 3. The van der Waals surface area contributed by atoms with E-state index in [9.17, 15) is 31.5 Å². The Bertz CT molecular complexity index is 1640. The van der Waals surface area contributed by atoms with Crippen molar-refractivity contribution in [1.82, 2.24) is 9.62 Å². The SMILES string of the molecule is C=CCCOc1cc(C2=NC3(CCN(S(=O)(=O)CCc4ccc(CC[C@H](O)[C@H](CN)OCC=C)cc4C)CC3)C(=O)N2)cc(C(F)(F)F)c1. The molecule has 0 bridgehead atoms. The second kappa shape index (κ2) is 16.4. The van der Waals surface area contributed by atoms with Gasteiger partial charge in [-0.3, -0.25) is 9.79 Å². The molecule has 2 atom stereocenters. The highest BCUT2D eigenvalue weighted by atomic mass is 32.2. The van der Waals surface area contributed by atoms with Gasteiger partial charge in [0.2, 0.25) is 10.0 Å². The van der Waals surface area contributed by atoms with E-state index >= 15 is 0 Å². The first-order valence-corrected chi connectivity index (χ1v) is 17.9. The zero-order valence-electron chi connectivity index (χ0n) is 27.7. The molecule has 4 N–H and O–H groups in total. The summed E-state index contributed by atoms with van der Waals surface area (Å²) in [7, 11) is -3.68. The Morgan fingerprint density at radius 2 is 1.88 bits per heavy atom. The number of halogens is 3. The van der Waals surface area contributed by atoms with Crippen LogP contribution in [-0.2, 0) is 38.6 Å². The molecule has 2 aromatic rings. The van der Waals surface area contributed by atoms with Gasteiger partial charge < -0.3 is 25.6 Å². The summed E-state index contributed by atoms with van der Waals surface area (Å²) >= 11 is 0. The van der Waals surface area contributed by atoms with E-state index < -0.39 is 45.4 Å². The number of carbonyl (C=O) groups excluding carboxylic acids is 1. The molecule has 268 valence electrons. The van der Waals surface area contributed by atoms with Gasteiger partial charge in [-0.25, -0.2) is 12.7 Å². The summed E-state index contributed by atoms with van der Waals surface area (Å²) in [5, 5.41) is 13.1. The molecule has 10 nitrogen and oxygen atoms in total. The molecule has 1 saturated heterocycles. The van der Waals surface area contributed by atoms with Crippen molar-refractivity contribution in [3.05, 3.63) is 89.5 Å². The summed E-state index contributed by atoms with van der Waals surface area (Å²) in [6, 6.07) is 9.00. The number of rotatable bonds is 17. The fourth-order valence-corrected chi connectivity index (χ4v) is 7.43. The number of nitrogens with zero attached hydrogens (tertiary/aromatic N) is 2. The molecule has 14 heteroatoms. The van der Waals surface area contributed by atoms with Crippen LogP contribution in [0.3, 0.4) is 0 Å². The fraction of sp³-hybridized carbons (Fsp3) is 0.486. The zero-order chi connectivity index (χ0) is 35.8. The van der Waals surface area contributed by atoms with Crippen molar-refractivity contribution in [2.75, 3.05) is 38.6 Å². The smallest absolute Gasteiger partial charge is 0.416 e. The predicted molar refractivity (Wildman–Crippen MR) is 182 cm³/mol. The number of aliphatic imine (C=N–C) groups is 1. The van der Waals surface area contributed by atoms with E-state index in [1.165, 1.54) is 10.4 Å². The normalized spacial score (nSPS) is 17.8. The molecule has 2 aliphatic rings. The molecule has 2 aliphatic heterocycles. The Hall–Kier alpha value is -3.56. The first-order chi connectivity index (χ1) is 23.2. The number of aliphatic hydroxyl groups excluding tert-OH is 1. The quantitative estimate of drug-likeness (QED) is 0.166. The van der Waals surface area contributed by atoms with E-state index in [2.05, 4.69) is 23.5 Å². The number of sulfonamides is 1. The Balaban J connectivity index is 1.37. The summed E-state index contributed by atoms with van der Waals surface area (Å²) in [5.41, 5.74) is 6.38. The van der Waals surface area contributed by atoms with Crippen LogP contribution < -0.4 is 15.8 Å². The molecule has 49 heavy (non-hydrogen) atoms. The third kappa shape index (κ3) is 9.79. The van der Waals surface area contributed by atoms with Crippen LogP contribution in [0.25, 0.3) is 0 Å². The number of nitrogens with one attached hydrogen (secondary N) is 1. The van der Waals surface area contributed by atoms with Crippen molar-refractivity contribution in [3.63, 3.8) is 0 Å². The summed E-state index contributed by atoms with van der Waals surface area (Å²) in [6.07, 6.45) is -0.714. The molecule has 1 spiro atoms. The maximum Gasteiger partial charge on any atom is 0.416 e. The Morgan fingerprint density at radius 3 is 2.51 bits per heavy atom. The van der Waals surface area contributed by atoms with Gasteiger partial charge in [0.1, 0.15) is 17.1 Å². The van der Waals surface area contributed by atoms with Gasteiger partial charge >= 0.3 is 6.18 Å². The molecule has 0 aromatic heterocycles. The summed E-state index contributed by atoms with van der Waals surface area (Å²) in [5.74, 6) is -0.622. The minimum atomic E-state index is -4.65. The van der Waals surface area contributed by atoms with Gasteiger partial charge in [0, 0.05) is 25.2 Å². The lowest BCUT2D eigenvalue weighted by atomic mass is 9.89. The van der Waals surface area contributed by atoms with E-state index in [0.29, 0.717) is 32.3 Å². The molecule has 2 heterocycles. The standard InChI is InChI=1S/C35H45F3N4O6S/c1-4-6-17-47-29-21-27(20-28(22-29)35(36,37)38)32-40-33(44)34(41-32)12-14-42(15-13-34)49(45,46)18-11-26-9-7-25(19-24(26)3)8-10-30(43)31(23-39)48-16-5-2/h4-5,7,9,19-22,30-31,43H,1-2,6,8,10-18,23,39H2,3H3,(H,40,41,44)/t30-,31-/m0/s1. The second-order valence-electron chi connectivity index (χ2n) is 12.3. The van der Waals surface area contributed by atoms with Crippen LogP contribution in [-0.4, -0.2) is 85.9 Å². The lowest BCUT2D eigenvalue weighted by Gasteiger charge is -2.34. The highest BCUT2D eigenvalue weighted by Gasteiger charge is 2.47. The van der Waals surface area contributed by atoms with Crippen molar-refractivity contribution < 1.29 is 41.0 Å². The number of hydrogen-bond donors (Lipinski definition) is 3. The lowest BCUT2D eigenvalue weighted by Crippen LogP contribution is -2.50. The molecular weight excluding hydrogens is 661 g/mol. The van der Waals surface area contributed by atoms with Crippen LogP contribution in [0, 0.1) is 6.92 Å². The Morgan fingerprint density at radius 1 is 1.14 bits per heavy atom. The van der Waals surface area contributed by atoms with Crippen LogP contribution >= 0.6 is 0 Å². The minimum Gasteiger partial charge on any atom is -0.493 e. The van der Waals surface area contributed by atoms with Crippen LogP contribution in [0.1, 0.15) is 53.5 Å². The largest absolute Gasteiger partial charge is 0.493 e. The number of hydrogen-bond acceptors (Lipinski definition) is 8. The average molecular weight is 707 g/mol. The van der Waals surface area contributed by atoms with Crippen molar-refractivity contribution in [2.24, 2.45) is 10.7 Å². The van der Waals surface area contributed by atoms with Crippen LogP contribution in [0.15, 0.2) is 66.7 Å². The van der Waals surface area contributed by atoms with E-state index in [1.54, 1.807) is 12.2 Å². The van der Waals surface area contributed by atoms with E-state index in [-0.39, 0.29) is 62.0 Å². The third-order valence-corrected chi connectivity index (χ3v) is 10.7. The molecule has 0 aliphatic carbocycles. The van der Waals surface area contributed by atoms with Gasteiger partial charge in [0.05, 0.1) is 36.7 Å². The predicted octanol–water partition coefficient (Wildman–Crippen LogP) is 4.08. The fourth-order valence-electron chi connectivity index (χ4n) is 5.96. The number of nitrogens with two attached hydrogens (primary N) is 1. The highest BCUT2D eigenvalue weighted by molar-refractivity contribution is 7.89. The topological polar surface area (TPSA) is 144 Å². The number of amides is 1. The summed E-state index contributed by atoms with van der Waals surface area (Å²) < 4.78 is 80.0. The number of ether oxygens (including phenoxy) is 2. The van der Waals surface area contributed by atoms with Gasteiger partial charge in [-0.15, -0.1) is 13.2 Å². The van der Waals surface area contributed by atoms with Crippen LogP contribution in [0.5, 0.6) is 5.75 Å². The van der Waals surface area contributed by atoms with E-state index in [1.807, 2.05) is 25.1 Å². The molecule has 0 unspecified atom stereocenters. The number of piperidine rings is 1. The number of aliphatic hydroxyl groups is 1. The number of alkyl halides is 3. The minimum absolute atomic E-state index is 0.00497. The molecule has 2 aromatic carbocycles. The van der Waals surface area contributed by atoms with Crippen molar-refractivity contribution >= 4 is 21.8 Å². The number of amidine groups is 1. The van der Waals surface area contributed by atoms with Crippen LogP contribution in [0.4, 0.5) is 13.2 Å². The molecule has 0 radical (unpaired) electrons. The molecule has 1 amide bonds. The van der Waals surface area contributed by atoms with Crippen LogP contribution in [0.2, 0.25) is 0 Å². The third-order valence-electron chi connectivity index (χ3n) is 8.88. The van der Waals surface area contributed by atoms with Crippen molar-refractivity contribution in [3.8, 4) is 5.75 Å². The highest BCUT2D eigenvalue weighted by Crippen LogP contribution is 2.36. The van der Waals surface area contributed by atoms with Gasteiger partial charge in [-0.05, 0) is 80.3 Å². The van der Waals surface area contributed by atoms with E-state index in [0.717, 1.165) is 28.8 Å². The first kappa shape index (κ1) is 38.2. The van der Waals surface area contributed by atoms with Gasteiger partial charge in [-0.2, -0.15) is 13.2 Å². The molecule has 4 rings (SSSR count). The maximum atomic E-state index is 13.7. The van der Waals surface area contributed by atoms with Crippen molar-refractivity contribution in [2.45, 2.75) is 69.4 Å². The number of carbonyl (C=O) groups is 1. The Kier molecular flexibility index (Phi) is 12.8. The van der Waals surface area contributed by atoms with Gasteiger partial charge in [0.25, 0.3) is 5.91 Å². The second-order valence-corrected chi connectivity index (χ2v) is 14.4. The molecular formula is C35H45F3N4O6S. The monoisotopic (exact) mass is 706 g/mol. The summed E-state index contributed by atoms with van der Waals surface area (Å²) in [4.78, 5) is 17.7. The van der Waals surface area contributed by atoms with Gasteiger partial charge in [0.15, 0.2) is 0 Å². The van der Waals surface area contributed by atoms with Gasteiger partial charge in [-0.1, -0.05) is 30.4 Å². The lowest BCUT2D eigenvalue weighted by molar-refractivity contribution is -0.137. The van der Waals surface area contributed by atoms with E-state index in [4.69, 9.17) is 15.2 Å². The number of benzene rings is 2.